The van der Waals surface area contributed by atoms with Gasteiger partial charge in [-0.3, -0.25) is 9.59 Å². The third-order valence-electron chi connectivity index (χ3n) is 6.38. The van der Waals surface area contributed by atoms with Crippen molar-refractivity contribution in [2.24, 2.45) is 0 Å². The Morgan fingerprint density at radius 3 is 2.56 bits per heavy atom. The molecule has 0 spiro atoms. The molecule has 1 aliphatic rings. The molecule has 1 aliphatic heterocycles. The zero-order valence-corrected chi connectivity index (χ0v) is 19.6. The number of rotatable bonds is 9. The van der Waals surface area contributed by atoms with Gasteiger partial charge in [0.15, 0.2) is 5.78 Å². The van der Waals surface area contributed by atoms with E-state index in [1.54, 1.807) is 24.7 Å². The van der Waals surface area contributed by atoms with E-state index in [-0.39, 0.29) is 35.9 Å². The van der Waals surface area contributed by atoms with Crippen LogP contribution in [0, 0.1) is 5.82 Å². The van der Waals surface area contributed by atoms with E-state index in [9.17, 15) is 9.59 Å². The number of hydrogen-bond acceptors (Lipinski definition) is 4. The van der Waals surface area contributed by atoms with Crippen LogP contribution in [0.15, 0.2) is 55.0 Å². The molecule has 0 saturated carbocycles. The summed E-state index contributed by atoms with van der Waals surface area (Å²) in [4.78, 5) is 33.6. The van der Waals surface area contributed by atoms with Gasteiger partial charge >= 0.3 is 0 Å². The summed E-state index contributed by atoms with van der Waals surface area (Å²) in [7, 11) is 0. The summed E-state index contributed by atoms with van der Waals surface area (Å²) in [6, 6.07) is 11.4. The molecule has 2 atom stereocenters. The number of carbonyl (C=O) groups excluding carboxylic acids is 2. The molecule has 7 heteroatoms. The molecule has 0 bridgehead atoms. The Morgan fingerprint density at radius 1 is 1.15 bits per heavy atom. The number of aromatic nitrogens is 2. The van der Waals surface area contributed by atoms with Crippen LogP contribution in [-0.4, -0.2) is 34.2 Å². The monoisotopic (exact) mass is 462 g/mol. The van der Waals surface area contributed by atoms with E-state index in [0.29, 0.717) is 35.1 Å². The lowest BCUT2D eigenvalue weighted by Crippen LogP contribution is -2.44. The van der Waals surface area contributed by atoms with Crippen LogP contribution in [0.4, 0.5) is 4.39 Å². The van der Waals surface area contributed by atoms with Crippen LogP contribution in [0.5, 0.6) is 0 Å². The summed E-state index contributed by atoms with van der Waals surface area (Å²) < 4.78 is 15.9. The Bertz CT molecular complexity index is 1120. The number of H-pyrrole nitrogens is 1. The van der Waals surface area contributed by atoms with Gasteiger partial charge in [0.25, 0.3) is 0 Å². The highest BCUT2D eigenvalue weighted by molar-refractivity contribution is 5.93. The molecule has 2 unspecified atom stereocenters. The van der Waals surface area contributed by atoms with Gasteiger partial charge in [-0.2, -0.15) is 0 Å². The Morgan fingerprint density at radius 2 is 1.91 bits per heavy atom. The molecule has 1 fully saturated rings. The first-order valence-electron chi connectivity index (χ1n) is 11.9. The SMILES string of the molecule is CC(C)c1ccc(C(NC(=O)C2CCCN2)C(=O)CCc2cnc[nH]2)c(-c2ccccc2)c1F. The fraction of sp³-hybridized carbons (Fsp3) is 0.370. The summed E-state index contributed by atoms with van der Waals surface area (Å²) in [6.45, 7) is 4.64. The van der Waals surface area contributed by atoms with Crippen molar-refractivity contribution in [3.63, 3.8) is 0 Å². The average Bonchev–Trinajstić information content (AvgIpc) is 3.55. The number of aryl methyl sites for hydroxylation is 1. The van der Waals surface area contributed by atoms with E-state index in [2.05, 4.69) is 20.6 Å². The number of benzene rings is 2. The van der Waals surface area contributed by atoms with Crippen molar-refractivity contribution in [2.45, 2.75) is 57.5 Å². The number of hydrogen-bond donors (Lipinski definition) is 3. The highest BCUT2D eigenvalue weighted by Gasteiger charge is 2.31. The number of ketones is 1. The van der Waals surface area contributed by atoms with Gasteiger partial charge in [-0.15, -0.1) is 0 Å². The Kier molecular flexibility index (Phi) is 7.53. The Labute approximate surface area is 199 Å². The van der Waals surface area contributed by atoms with Crippen LogP contribution in [0.3, 0.4) is 0 Å². The van der Waals surface area contributed by atoms with Gasteiger partial charge < -0.3 is 15.6 Å². The maximum absolute atomic E-state index is 15.9. The zero-order valence-electron chi connectivity index (χ0n) is 19.6. The molecule has 3 N–H and O–H groups in total. The van der Waals surface area contributed by atoms with Crippen LogP contribution in [0.2, 0.25) is 0 Å². The molecule has 0 radical (unpaired) electrons. The molecule has 2 heterocycles. The topological polar surface area (TPSA) is 86.9 Å². The molecule has 4 rings (SSSR count). The average molecular weight is 463 g/mol. The van der Waals surface area contributed by atoms with Crippen LogP contribution in [0.1, 0.15) is 61.9 Å². The number of imidazole rings is 1. The molecular formula is C27H31FN4O2. The van der Waals surface area contributed by atoms with Crippen LogP contribution in [0.25, 0.3) is 11.1 Å². The van der Waals surface area contributed by atoms with Crippen molar-refractivity contribution in [1.29, 1.82) is 0 Å². The molecule has 1 amide bonds. The second-order valence-electron chi connectivity index (χ2n) is 9.09. The van der Waals surface area contributed by atoms with Gasteiger partial charge in [-0.05, 0) is 48.4 Å². The zero-order chi connectivity index (χ0) is 24.1. The lowest BCUT2D eigenvalue weighted by molar-refractivity contribution is -0.129. The van der Waals surface area contributed by atoms with E-state index < -0.39 is 6.04 Å². The van der Waals surface area contributed by atoms with E-state index in [1.165, 1.54) is 0 Å². The fourth-order valence-corrected chi connectivity index (χ4v) is 4.50. The smallest absolute Gasteiger partial charge is 0.237 e. The molecule has 1 aromatic heterocycles. The Balaban J connectivity index is 1.75. The maximum Gasteiger partial charge on any atom is 0.237 e. The van der Waals surface area contributed by atoms with Gasteiger partial charge in [0, 0.05) is 23.9 Å². The maximum atomic E-state index is 15.9. The predicted molar refractivity (Wildman–Crippen MR) is 130 cm³/mol. The molecule has 3 aromatic rings. The predicted octanol–water partition coefficient (Wildman–Crippen LogP) is 4.45. The van der Waals surface area contributed by atoms with Crippen molar-refractivity contribution in [3.05, 3.63) is 77.6 Å². The van der Waals surface area contributed by atoms with Crippen molar-refractivity contribution < 1.29 is 14.0 Å². The van der Waals surface area contributed by atoms with Crippen molar-refractivity contribution in [1.82, 2.24) is 20.6 Å². The van der Waals surface area contributed by atoms with Gasteiger partial charge in [-0.1, -0.05) is 56.3 Å². The molecule has 6 nitrogen and oxygen atoms in total. The first kappa shape index (κ1) is 23.8. The van der Waals surface area contributed by atoms with E-state index in [1.807, 2.05) is 44.2 Å². The van der Waals surface area contributed by atoms with E-state index in [0.717, 1.165) is 18.7 Å². The molecule has 1 saturated heterocycles. The number of nitrogens with zero attached hydrogens (tertiary/aromatic N) is 1. The summed E-state index contributed by atoms with van der Waals surface area (Å²) in [6.07, 6.45) is 5.51. The quantitative estimate of drug-likeness (QED) is 0.439. The number of carbonyl (C=O) groups is 2. The summed E-state index contributed by atoms with van der Waals surface area (Å²) in [5, 5.41) is 6.13. The minimum Gasteiger partial charge on any atom is -0.348 e. The normalized spacial score (nSPS) is 16.5. The number of Topliss-reactive ketones (excluding diaryl/α,β-unsaturated/α-hetero) is 1. The number of amides is 1. The van der Waals surface area contributed by atoms with Crippen LogP contribution >= 0.6 is 0 Å². The third-order valence-corrected chi connectivity index (χ3v) is 6.38. The van der Waals surface area contributed by atoms with E-state index >= 15 is 4.39 Å². The first-order valence-corrected chi connectivity index (χ1v) is 11.9. The number of halogens is 1. The lowest BCUT2D eigenvalue weighted by atomic mass is 9.87. The fourth-order valence-electron chi connectivity index (χ4n) is 4.50. The van der Waals surface area contributed by atoms with Gasteiger partial charge in [0.1, 0.15) is 11.9 Å². The second-order valence-corrected chi connectivity index (χ2v) is 9.09. The first-order chi connectivity index (χ1) is 16.5. The van der Waals surface area contributed by atoms with Crippen molar-refractivity contribution >= 4 is 11.7 Å². The summed E-state index contributed by atoms with van der Waals surface area (Å²) >= 11 is 0. The van der Waals surface area contributed by atoms with Gasteiger partial charge in [0.05, 0.1) is 12.4 Å². The number of aromatic amines is 1. The molecular weight excluding hydrogens is 431 g/mol. The minimum absolute atomic E-state index is 0.0247. The van der Waals surface area contributed by atoms with E-state index in [4.69, 9.17) is 0 Å². The van der Waals surface area contributed by atoms with Gasteiger partial charge in [0.2, 0.25) is 5.91 Å². The third kappa shape index (κ3) is 5.25. The molecule has 34 heavy (non-hydrogen) atoms. The van der Waals surface area contributed by atoms with Crippen molar-refractivity contribution in [3.8, 4) is 11.1 Å². The highest BCUT2D eigenvalue weighted by Crippen LogP contribution is 2.36. The van der Waals surface area contributed by atoms with Crippen LogP contribution in [-0.2, 0) is 16.0 Å². The summed E-state index contributed by atoms with van der Waals surface area (Å²) in [5.41, 5.74) is 2.94. The second kappa shape index (κ2) is 10.7. The highest BCUT2D eigenvalue weighted by atomic mass is 19.1. The molecule has 178 valence electrons. The molecule has 2 aromatic carbocycles. The summed E-state index contributed by atoms with van der Waals surface area (Å²) in [5.74, 6) is -0.777. The number of nitrogens with one attached hydrogen (secondary N) is 3. The standard InChI is InChI=1S/C27H31FN4O2/c1-17(2)20-11-12-21(24(25(20)28)18-7-4-3-5-8-18)26(32-27(34)22-9-6-14-30-22)23(33)13-10-19-15-29-16-31-19/h3-5,7-8,11-12,15-17,22,26,30H,6,9-10,13-14H2,1-2H3,(H,29,31)(H,32,34). The van der Waals surface area contributed by atoms with Crippen molar-refractivity contribution in [2.75, 3.05) is 6.54 Å². The minimum atomic E-state index is -0.955. The van der Waals surface area contributed by atoms with Crippen LogP contribution < -0.4 is 10.6 Å². The molecule has 0 aliphatic carbocycles. The largest absolute Gasteiger partial charge is 0.348 e. The Hall–Kier alpha value is -3.32. The van der Waals surface area contributed by atoms with Gasteiger partial charge in [-0.25, -0.2) is 9.37 Å². The lowest BCUT2D eigenvalue weighted by Gasteiger charge is -2.25.